The summed E-state index contributed by atoms with van der Waals surface area (Å²) in [5, 5.41) is 9.55. The number of hydrogen-bond donors (Lipinski definition) is 1. The van der Waals surface area contributed by atoms with Gasteiger partial charge in [0.15, 0.2) is 0 Å². The number of aliphatic hydroxyl groups is 1. The molecule has 1 fully saturated rings. The fourth-order valence-electron chi connectivity index (χ4n) is 2.33. The first-order valence-electron chi connectivity index (χ1n) is 6.18. The second kappa shape index (κ2) is 4.99. The van der Waals surface area contributed by atoms with Crippen LogP contribution < -0.4 is 0 Å². The molecule has 1 saturated heterocycles. The summed E-state index contributed by atoms with van der Waals surface area (Å²) in [5.41, 5.74) is 1.04. The molecule has 0 aromatic heterocycles. The van der Waals surface area contributed by atoms with E-state index < -0.39 is 10.0 Å². The zero-order valence-corrected chi connectivity index (χ0v) is 11.5. The maximum absolute atomic E-state index is 12.5. The van der Waals surface area contributed by atoms with E-state index >= 15 is 0 Å². The van der Waals surface area contributed by atoms with Crippen molar-refractivity contribution in [2.45, 2.75) is 43.7 Å². The predicted molar refractivity (Wildman–Crippen MR) is 69.8 cm³/mol. The van der Waals surface area contributed by atoms with E-state index in [-0.39, 0.29) is 12.1 Å². The molecule has 18 heavy (non-hydrogen) atoms. The molecule has 1 N–H and O–H groups in total. The Kier molecular flexibility index (Phi) is 3.75. The topological polar surface area (TPSA) is 57.6 Å². The average Bonchev–Trinajstić information content (AvgIpc) is 2.29. The predicted octanol–water partition coefficient (Wildman–Crippen LogP) is 1.53. The molecular weight excluding hydrogens is 250 g/mol. The first kappa shape index (κ1) is 13.5. The number of aryl methyl sites for hydroxylation is 1. The van der Waals surface area contributed by atoms with Crippen LogP contribution in [0.5, 0.6) is 0 Å². The van der Waals surface area contributed by atoms with E-state index in [4.69, 9.17) is 0 Å². The molecule has 0 bridgehead atoms. The normalized spacial score (nSPS) is 26.2. The number of sulfonamides is 1. The van der Waals surface area contributed by atoms with E-state index in [0.717, 1.165) is 5.56 Å². The van der Waals surface area contributed by atoms with Gasteiger partial charge in [-0.05, 0) is 38.8 Å². The lowest BCUT2D eigenvalue weighted by molar-refractivity contribution is 0.0867. The van der Waals surface area contributed by atoms with Gasteiger partial charge in [-0.1, -0.05) is 17.7 Å². The lowest BCUT2D eigenvalue weighted by atomic mass is 10.0. The van der Waals surface area contributed by atoms with Gasteiger partial charge in [0.05, 0.1) is 11.0 Å². The van der Waals surface area contributed by atoms with Gasteiger partial charge in [-0.2, -0.15) is 4.31 Å². The smallest absolute Gasteiger partial charge is 0.243 e. The third-order valence-electron chi connectivity index (χ3n) is 3.42. The molecule has 0 amide bonds. The van der Waals surface area contributed by atoms with E-state index in [1.54, 1.807) is 24.3 Å². The Balaban J connectivity index is 2.28. The highest BCUT2D eigenvalue weighted by atomic mass is 32.2. The van der Waals surface area contributed by atoms with Crippen LogP contribution in [0, 0.1) is 6.92 Å². The van der Waals surface area contributed by atoms with Crippen molar-refractivity contribution in [2.75, 3.05) is 6.54 Å². The summed E-state index contributed by atoms with van der Waals surface area (Å²) in [7, 11) is -3.43. The van der Waals surface area contributed by atoms with Gasteiger partial charge in [0.1, 0.15) is 0 Å². The van der Waals surface area contributed by atoms with E-state index in [1.165, 1.54) is 4.31 Å². The number of rotatable bonds is 2. The summed E-state index contributed by atoms with van der Waals surface area (Å²) in [5.74, 6) is 0. The summed E-state index contributed by atoms with van der Waals surface area (Å²) >= 11 is 0. The molecule has 1 aromatic carbocycles. The molecule has 100 valence electrons. The number of hydrogen-bond acceptors (Lipinski definition) is 3. The SMILES string of the molecule is Cc1ccc(S(=O)(=O)N2CC[C@@H](O)C[C@H]2C)cc1. The largest absolute Gasteiger partial charge is 0.393 e. The molecule has 0 radical (unpaired) electrons. The van der Waals surface area contributed by atoms with Gasteiger partial charge >= 0.3 is 0 Å². The molecule has 2 atom stereocenters. The molecule has 1 heterocycles. The summed E-state index contributed by atoms with van der Waals surface area (Å²) in [6, 6.07) is 6.73. The zero-order chi connectivity index (χ0) is 13.3. The molecule has 0 spiro atoms. The molecule has 1 aliphatic rings. The van der Waals surface area contributed by atoms with Crippen LogP contribution in [0.15, 0.2) is 29.2 Å². The van der Waals surface area contributed by atoms with Crippen molar-refractivity contribution in [3.8, 4) is 0 Å². The van der Waals surface area contributed by atoms with Crippen molar-refractivity contribution < 1.29 is 13.5 Å². The van der Waals surface area contributed by atoms with Crippen LogP contribution in [0.1, 0.15) is 25.3 Å². The second-order valence-electron chi connectivity index (χ2n) is 4.96. The Morgan fingerprint density at radius 2 is 1.89 bits per heavy atom. The summed E-state index contributed by atoms with van der Waals surface area (Å²) < 4.78 is 26.4. The van der Waals surface area contributed by atoms with Gasteiger partial charge in [0.2, 0.25) is 10.0 Å². The first-order valence-corrected chi connectivity index (χ1v) is 7.62. The van der Waals surface area contributed by atoms with E-state index in [0.29, 0.717) is 24.3 Å². The molecule has 4 nitrogen and oxygen atoms in total. The number of benzene rings is 1. The minimum absolute atomic E-state index is 0.153. The number of nitrogens with zero attached hydrogens (tertiary/aromatic N) is 1. The highest BCUT2D eigenvalue weighted by Gasteiger charge is 2.33. The Labute approximate surface area is 108 Å². The summed E-state index contributed by atoms with van der Waals surface area (Å²) in [6.45, 7) is 4.16. The van der Waals surface area contributed by atoms with Crippen LogP contribution in [0.4, 0.5) is 0 Å². The van der Waals surface area contributed by atoms with Crippen molar-refractivity contribution in [2.24, 2.45) is 0 Å². The number of piperidine rings is 1. The van der Waals surface area contributed by atoms with Crippen LogP contribution in [0.2, 0.25) is 0 Å². The van der Waals surface area contributed by atoms with Crippen molar-refractivity contribution in [3.63, 3.8) is 0 Å². The van der Waals surface area contributed by atoms with Crippen molar-refractivity contribution in [3.05, 3.63) is 29.8 Å². The number of aliphatic hydroxyl groups excluding tert-OH is 1. The third-order valence-corrected chi connectivity index (χ3v) is 5.44. The Morgan fingerprint density at radius 3 is 2.44 bits per heavy atom. The second-order valence-corrected chi connectivity index (χ2v) is 6.85. The Bertz CT molecular complexity index is 510. The fraction of sp³-hybridized carbons (Fsp3) is 0.538. The monoisotopic (exact) mass is 269 g/mol. The maximum atomic E-state index is 12.5. The van der Waals surface area contributed by atoms with Crippen molar-refractivity contribution >= 4 is 10.0 Å². The minimum atomic E-state index is -3.43. The minimum Gasteiger partial charge on any atom is -0.393 e. The molecule has 1 aliphatic heterocycles. The van der Waals surface area contributed by atoms with E-state index in [2.05, 4.69) is 0 Å². The van der Waals surface area contributed by atoms with Gasteiger partial charge in [-0.3, -0.25) is 0 Å². The van der Waals surface area contributed by atoms with E-state index in [1.807, 2.05) is 13.8 Å². The van der Waals surface area contributed by atoms with Crippen LogP contribution in [-0.4, -0.2) is 36.5 Å². The molecular formula is C13H19NO3S. The van der Waals surface area contributed by atoms with E-state index in [9.17, 15) is 13.5 Å². The van der Waals surface area contributed by atoms with Crippen LogP contribution in [-0.2, 0) is 10.0 Å². The maximum Gasteiger partial charge on any atom is 0.243 e. The molecule has 2 rings (SSSR count). The fourth-order valence-corrected chi connectivity index (χ4v) is 3.98. The van der Waals surface area contributed by atoms with Gasteiger partial charge < -0.3 is 5.11 Å². The summed E-state index contributed by atoms with van der Waals surface area (Å²) in [4.78, 5) is 0.330. The van der Waals surface area contributed by atoms with Crippen LogP contribution in [0.3, 0.4) is 0 Å². The van der Waals surface area contributed by atoms with Crippen molar-refractivity contribution in [1.29, 1.82) is 0 Å². The van der Waals surface area contributed by atoms with Crippen LogP contribution >= 0.6 is 0 Å². The molecule has 5 heteroatoms. The average molecular weight is 269 g/mol. The standard InChI is InChI=1S/C13H19NO3S/c1-10-3-5-13(6-4-10)18(16,17)14-8-7-12(15)9-11(14)2/h3-6,11-12,15H,7-9H2,1-2H3/t11-,12-/m1/s1. The van der Waals surface area contributed by atoms with Gasteiger partial charge in [0.25, 0.3) is 0 Å². The molecule has 0 unspecified atom stereocenters. The molecule has 1 aromatic rings. The third kappa shape index (κ3) is 2.58. The highest BCUT2D eigenvalue weighted by Crippen LogP contribution is 2.25. The van der Waals surface area contributed by atoms with Gasteiger partial charge in [0, 0.05) is 12.6 Å². The quantitative estimate of drug-likeness (QED) is 0.886. The van der Waals surface area contributed by atoms with Gasteiger partial charge in [-0.15, -0.1) is 0 Å². The molecule has 0 aliphatic carbocycles. The molecule has 0 saturated carbocycles. The Hall–Kier alpha value is -0.910. The van der Waals surface area contributed by atoms with Gasteiger partial charge in [-0.25, -0.2) is 8.42 Å². The Morgan fingerprint density at radius 1 is 1.28 bits per heavy atom. The zero-order valence-electron chi connectivity index (χ0n) is 10.7. The highest BCUT2D eigenvalue weighted by molar-refractivity contribution is 7.89. The first-order chi connectivity index (χ1) is 8.41. The van der Waals surface area contributed by atoms with Crippen molar-refractivity contribution in [1.82, 2.24) is 4.31 Å². The summed E-state index contributed by atoms with van der Waals surface area (Å²) in [6.07, 6.45) is 0.630. The lowest BCUT2D eigenvalue weighted by Crippen LogP contribution is -2.45. The van der Waals surface area contributed by atoms with Crippen LogP contribution in [0.25, 0.3) is 0 Å². The lowest BCUT2D eigenvalue weighted by Gasteiger charge is -2.34.